The third-order valence-corrected chi connectivity index (χ3v) is 2.82. The van der Waals surface area contributed by atoms with Gasteiger partial charge in [0, 0.05) is 33.4 Å². The maximum atomic E-state index is 11.3. The lowest BCUT2D eigenvalue weighted by atomic mass is 10.3. The molecule has 1 aromatic carbocycles. The summed E-state index contributed by atoms with van der Waals surface area (Å²) < 4.78 is 0. The molecule has 1 aromatic rings. The first-order valence-electron chi connectivity index (χ1n) is 6.28. The number of benzene rings is 1. The van der Waals surface area contributed by atoms with Gasteiger partial charge in [0.05, 0.1) is 6.54 Å². The van der Waals surface area contributed by atoms with E-state index < -0.39 is 0 Å². The minimum atomic E-state index is 0.117. The zero-order chi connectivity index (χ0) is 13.4. The van der Waals surface area contributed by atoms with Gasteiger partial charge in [-0.05, 0) is 25.1 Å². The summed E-state index contributed by atoms with van der Waals surface area (Å²) in [7, 11) is 5.63. The normalized spacial score (nSPS) is 10.2. The summed E-state index contributed by atoms with van der Waals surface area (Å²) in [4.78, 5) is 15.1. The van der Waals surface area contributed by atoms with Crippen molar-refractivity contribution in [1.82, 2.24) is 10.2 Å². The van der Waals surface area contributed by atoms with Crippen LogP contribution in [0.15, 0.2) is 30.3 Å². The van der Waals surface area contributed by atoms with Gasteiger partial charge in [-0.15, -0.1) is 0 Å². The van der Waals surface area contributed by atoms with Crippen molar-refractivity contribution >= 4 is 11.6 Å². The molecule has 0 bridgehead atoms. The van der Waals surface area contributed by atoms with E-state index in [9.17, 15) is 4.79 Å². The van der Waals surface area contributed by atoms with Crippen molar-refractivity contribution < 1.29 is 4.79 Å². The van der Waals surface area contributed by atoms with Crippen LogP contribution in [0.25, 0.3) is 0 Å². The molecule has 0 spiro atoms. The highest BCUT2D eigenvalue weighted by Crippen LogP contribution is 2.10. The van der Waals surface area contributed by atoms with Crippen LogP contribution in [0.2, 0.25) is 0 Å². The molecule has 18 heavy (non-hydrogen) atoms. The van der Waals surface area contributed by atoms with Gasteiger partial charge in [-0.3, -0.25) is 4.79 Å². The van der Waals surface area contributed by atoms with E-state index in [4.69, 9.17) is 0 Å². The molecule has 0 aromatic heterocycles. The van der Waals surface area contributed by atoms with Gasteiger partial charge in [0.1, 0.15) is 0 Å². The van der Waals surface area contributed by atoms with Crippen molar-refractivity contribution in [3.63, 3.8) is 0 Å². The Balaban J connectivity index is 2.13. The number of hydrogen-bond donors (Lipinski definition) is 1. The minimum Gasteiger partial charge on any atom is -0.375 e. The van der Waals surface area contributed by atoms with E-state index in [1.807, 2.05) is 18.2 Å². The SMILES string of the molecule is CN(C)C(=O)CNCCCN(C)c1ccccc1. The van der Waals surface area contributed by atoms with Crippen LogP contribution in [0.3, 0.4) is 0 Å². The van der Waals surface area contributed by atoms with Gasteiger partial charge in [-0.2, -0.15) is 0 Å². The first kappa shape index (κ1) is 14.5. The highest BCUT2D eigenvalue weighted by molar-refractivity contribution is 5.77. The molecule has 0 saturated heterocycles. The van der Waals surface area contributed by atoms with E-state index in [0.29, 0.717) is 6.54 Å². The van der Waals surface area contributed by atoms with Gasteiger partial charge in [0.15, 0.2) is 0 Å². The number of carbonyl (C=O) groups excluding carboxylic acids is 1. The number of anilines is 1. The minimum absolute atomic E-state index is 0.117. The number of amides is 1. The van der Waals surface area contributed by atoms with Gasteiger partial charge < -0.3 is 15.1 Å². The van der Waals surface area contributed by atoms with E-state index in [-0.39, 0.29) is 5.91 Å². The third-order valence-electron chi connectivity index (χ3n) is 2.82. The Morgan fingerprint density at radius 2 is 1.83 bits per heavy atom. The van der Waals surface area contributed by atoms with Gasteiger partial charge in [-0.1, -0.05) is 18.2 Å². The van der Waals surface area contributed by atoms with E-state index in [1.54, 1.807) is 19.0 Å². The summed E-state index contributed by atoms with van der Waals surface area (Å²) >= 11 is 0. The van der Waals surface area contributed by atoms with Gasteiger partial charge in [0.25, 0.3) is 0 Å². The largest absolute Gasteiger partial charge is 0.375 e. The molecule has 0 saturated carbocycles. The van der Waals surface area contributed by atoms with E-state index in [1.165, 1.54) is 5.69 Å². The van der Waals surface area contributed by atoms with Crippen LogP contribution in [0.1, 0.15) is 6.42 Å². The first-order chi connectivity index (χ1) is 8.61. The number of nitrogens with one attached hydrogen (secondary N) is 1. The Bertz CT molecular complexity index is 351. The third kappa shape index (κ3) is 5.19. The predicted octanol–water partition coefficient (Wildman–Crippen LogP) is 1.19. The fraction of sp³-hybridized carbons (Fsp3) is 0.500. The molecule has 0 fully saturated rings. The second kappa shape index (κ2) is 7.71. The molecule has 0 atom stereocenters. The summed E-state index contributed by atoms with van der Waals surface area (Å²) in [5.41, 5.74) is 1.22. The Labute approximate surface area is 110 Å². The first-order valence-corrected chi connectivity index (χ1v) is 6.28. The molecule has 100 valence electrons. The molecule has 4 heteroatoms. The number of para-hydroxylation sites is 1. The van der Waals surface area contributed by atoms with Crippen LogP contribution in [0, 0.1) is 0 Å². The summed E-state index contributed by atoms with van der Waals surface area (Å²) in [5, 5.41) is 3.16. The molecule has 1 N–H and O–H groups in total. The van der Waals surface area contributed by atoms with Crippen LogP contribution in [0.4, 0.5) is 5.69 Å². The van der Waals surface area contributed by atoms with Crippen molar-refractivity contribution in [2.45, 2.75) is 6.42 Å². The fourth-order valence-corrected chi connectivity index (χ4v) is 1.61. The Morgan fingerprint density at radius 1 is 1.17 bits per heavy atom. The Morgan fingerprint density at radius 3 is 2.44 bits per heavy atom. The molecular formula is C14H23N3O. The molecule has 0 aliphatic carbocycles. The molecule has 1 amide bonds. The number of rotatable bonds is 7. The second-order valence-corrected chi connectivity index (χ2v) is 4.58. The maximum Gasteiger partial charge on any atom is 0.236 e. The lowest BCUT2D eigenvalue weighted by Gasteiger charge is -2.19. The fourth-order valence-electron chi connectivity index (χ4n) is 1.61. The van der Waals surface area contributed by atoms with Crippen LogP contribution in [0.5, 0.6) is 0 Å². The average Bonchev–Trinajstić information content (AvgIpc) is 2.38. The van der Waals surface area contributed by atoms with E-state index in [2.05, 4.69) is 29.4 Å². The number of likely N-dealkylation sites (N-methyl/N-ethyl adjacent to an activating group) is 1. The predicted molar refractivity (Wildman–Crippen MR) is 75.9 cm³/mol. The molecule has 1 rings (SSSR count). The quantitative estimate of drug-likeness (QED) is 0.737. The topological polar surface area (TPSA) is 35.6 Å². The highest BCUT2D eigenvalue weighted by Gasteiger charge is 2.02. The zero-order valence-electron chi connectivity index (χ0n) is 11.5. The molecule has 0 aliphatic rings. The lowest BCUT2D eigenvalue weighted by Crippen LogP contribution is -2.34. The Kier molecular flexibility index (Phi) is 6.22. The van der Waals surface area contributed by atoms with Gasteiger partial charge in [0.2, 0.25) is 5.91 Å². The summed E-state index contributed by atoms with van der Waals surface area (Å²) in [6, 6.07) is 10.3. The maximum absolute atomic E-state index is 11.3. The van der Waals surface area contributed by atoms with Crippen molar-refractivity contribution in [1.29, 1.82) is 0 Å². The van der Waals surface area contributed by atoms with E-state index >= 15 is 0 Å². The van der Waals surface area contributed by atoms with Crippen LogP contribution < -0.4 is 10.2 Å². The molecule has 4 nitrogen and oxygen atoms in total. The summed E-state index contributed by atoms with van der Waals surface area (Å²) in [6.07, 6.45) is 1.02. The van der Waals surface area contributed by atoms with Crippen molar-refractivity contribution in [2.24, 2.45) is 0 Å². The number of carbonyl (C=O) groups is 1. The van der Waals surface area contributed by atoms with Crippen molar-refractivity contribution in [2.75, 3.05) is 45.7 Å². The van der Waals surface area contributed by atoms with Crippen molar-refractivity contribution in [3.8, 4) is 0 Å². The summed E-state index contributed by atoms with van der Waals surface area (Å²) in [5.74, 6) is 0.117. The molecule has 0 heterocycles. The van der Waals surface area contributed by atoms with Gasteiger partial charge in [-0.25, -0.2) is 0 Å². The molecular weight excluding hydrogens is 226 g/mol. The average molecular weight is 249 g/mol. The monoisotopic (exact) mass is 249 g/mol. The van der Waals surface area contributed by atoms with Crippen LogP contribution >= 0.6 is 0 Å². The smallest absolute Gasteiger partial charge is 0.236 e. The molecule has 0 unspecified atom stereocenters. The van der Waals surface area contributed by atoms with E-state index in [0.717, 1.165) is 19.5 Å². The van der Waals surface area contributed by atoms with Gasteiger partial charge >= 0.3 is 0 Å². The molecule has 0 aliphatic heterocycles. The Hall–Kier alpha value is -1.55. The molecule has 0 radical (unpaired) electrons. The van der Waals surface area contributed by atoms with Crippen LogP contribution in [-0.2, 0) is 4.79 Å². The van der Waals surface area contributed by atoms with Crippen LogP contribution in [-0.4, -0.2) is 51.6 Å². The van der Waals surface area contributed by atoms with Crippen molar-refractivity contribution in [3.05, 3.63) is 30.3 Å². The summed E-state index contributed by atoms with van der Waals surface area (Å²) in [6.45, 7) is 2.26. The second-order valence-electron chi connectivity index (χ2n) is 4.58. The number of nitrogens with zero attached hydrogens (tertiary/aromatic N) is 2. The standard InChI is InChI=1S/C14H23N3O/c1-16(2)14(18)12-15-10-7-11-17(3)13-8-5-4-6-9-13/h4-6,8-9,15H,7,10-12H2,1-3H3. The lowest BCUT2D eigenvalue weighted by molar-refractivity contribution is -0.127. The zero-order valence-corrected chi connectivity index (χ0v) is 11.5. The number of hydrogen-bond acceptors (Lipinski definition) is 3. The highest BCUT2D eigenvalue weighted by atomic mass is 16.2.